The van der Waals surface area contributed by atoms with Crippen molar-refractivity contribution in [2.24, 2.45) is 11.7 Å². The van der Waals surface area contributed by atoms with Crippen LogP contribution in [-0.4, -0.2) is 16.0 Å². The smallest absolute Gasteiger partial charge is 0.130 e. The standard InChI is InChI=1S/C12H21N3/c1-8(2)5-11-7-10(4)14-12(15-11)6-9(3)13/h7-9H,5-6,13H2,1-4H3. The van der Waals surface area contributed by atoms with Crippen LogP contribution >= 0.6 is 0 Å². The van der Waals surface area contributed by atoms with Gasteiger partial charge >= 0.3 is 0 Å². The van der Waals surface area contributed by atoms with Crippen LogP contribution in [0, 0.1) is 12.8 Å². The number of hydrogen-bond donors (Lipinski definition) is 1. The van der Waals surface area contributed by atoms with Gasteiger partial charge in [-0.2, -0.15) is 0 Å². The number of aryl methyl sites for hydroxylation is 1. The van der Waals surface area contributed by atoms with E-state index in [1.165, 1.54) is 0 Å². The van der Waals surface area contributed by atoms with Crippen molar-refractivity contribution in [2.45, 2.75) is 46.6 Å². The van der Waals surface area contributed by atoms with Gasteiger partial charge < -0.3 is 5.73 Å². The minimum absolute atomic E-state index is 0.124. The van der Waals surface area contributed by atoms with Gasteiger partial charge in [-0.1, -0.05) is 13.8 Å². The second kappa shape index (κ2) is 5.21. The molecule has 0 radical (unpaired) electrons. The first-order chi connectivity index (χ1) is 6.97. The molecule has 1 atom stereocenters. The summed E-state index contributed by atoms with van der Waals surface area (Å²) in [7, 11) is 0. The molecule has 0 bridgehead atoms. The molecular weight excluding hydrogens is 186 g/mol. The summed E-state index contributed by atoms with van der Waals surface area (Å²) in [6.07, 6.45) is 1.77. The summed E-state index contributed by atoms with van der Waals surface area (Å²) >= 11 is 0. The van der Waals surface area contributed by atoms with Crippen LogP contribution in [0.4, 0.5) is 0 Å². The molecule has 1 unspecified atom stereocenters. The molecule has 0 fully saturated rings. The predicted molar refractivity (Wildman–Crippen MR) is 62.7 cm³/mol. The summed E-state index contributed by atoms with van der Waals surface area (Å²) in [5.41, 5.74) is 7.92. The quantitative estimate of drug-likeness (QED) is 0.820. The van der Waals surface area contributed by atoms with E-state index in [0.717, 1.165) is 30.1 Å². The third-order valence-electron chi connectivity index (χ3n) is 2.08. The zero-order valence-electron chi connectivity index (χ0n) is 10.1. The third kappa shape index (κ3) is 4.38. The van der Waals surface area contributed by atoms with Gasteiger partial charge in [0.25, 0.3) is 0 Å². The van der Waals surface area contributed by atoms with E-state index in [9.17, 15) is 0 Å². The zero-order valence-corrected chi connectivity index (χ0v) is 10.1. The largest absolute Gasteiger partial charge is 0.328 e. The van der Waals surface area contributed by atoms with E-state index in [1.807, 2.05) is 13.8 Å². The summed E-state index contributed by atoms with van der Waals surface area (Å²) in [5.74, 6) is 1.50. The molecule has 1 aromatic heterocycles. The maximum absolute atomic E-state index is 5.75. The van der Waals surface area contributed by atoms with Gasteiger partial charge in [-0.25, -0.2) is 9.97 Å². The third-order valence-corrected chi connectivity index (χ3v) is 2.08. The van der Waals surface area contributed by atoms with Gasteiger partial charge in [-0.15, -0.1) is 0 Å². The molecule has 0 aliphatic rings. The first kappa shape index (κ1) is 12.1. The molecule has 15 heavy (non-hydrogen) atoms. The van der Waals surface area contributed by atoms with E-state index in [0.29, 0.717) is 5.92 Å². The number of hydrogen-bond acceptors (Lipinski definition) is 3. The highest BCUT2D eigenvalue weighted by Crippen LogP contribution is 2.08. The highest BCUT2D eigenvalue weighted by molar-refractivity contribution is 5.11. The van der Waals surface area contributed by atoms with E-state index < -0.39 is 0 Å². The maximum atomic E-state index is 5.75. The molecule has 1 aromatic rings. The Balaban J connectivity index is 2.84. The van der Waals surface area contributed by atoms with Crippen LogP contribution in [-0.2, 0) is 12.8 Å². The van der Waals surface area contributed by atoms with Crippen molar-refractivity contribution in [3.63, 3.8) is 0 Å². The van der Waals surface area contributed by atoms with Crippen molar-refractivity contribution in [1.29, 1.82) is 0 Å². The van der Waals surface area contributed by atoms with E-state index in [1.54, 1.807) is 0 Å². The molecule has 1 rings (SSSR count). The van der Waals surface area contributed by atoms with Crippen LogP contribution < -0.4 is 5.73 Å². The van der Waals surface area contributed by atoms with Crippen LogP contribution in [0.1, 0.15) is 38.0 Å². The highest BCUT2D eigenvalue weighted by Gasteiger charge is 2.06. The minimum Gasteiger partial charge on any atom is -0.328 e. The molecule has 0 spiro atoms. The monoisotopic (exact) mass is 207 g/mol. The lowest BCUT2D eigenvalue weighted by Crippen LogP contribution is -2.20. The van der Waals surface area contributed by atoms with Crippen LogP contribution in [0.5, 0.6) is 0 Å². The van der Waals surface area contributed by atoms with Crippen molar-refractivity contribution < 1.29 is 0 Å². The van der Waals surface area contributed by atoms with Crippen molar-refractivity contribution in [3.05, 3.63) is 23.3 Å². The fourth-order valence-corrected chi connectivity index (χ4v) is 1.60. The number of rotatable bonds is 4. The lowest BCUT2D eigenvalue weighted by Gasteiger charge is -2.09. The summed E-state index contributed by atoms with van der Waals surface area (Å²) in [4.78, 5) is 8.91. The molecular formula is C12H21N3. The van der Waals surface area contributed by atoms with Gasteiger partial charge in [0.15, 0.2) is 0 Å². The molecule has 0 aliphatic heterocycles. The Kier molecular flexibility index (Phi) is 4.21. The lowest BCUT2D eigenvalue weighted by atomic mass is 10.1. The van der Waals surface area contributed by atoms with Crippen molar-refractivity contribution in [2.75, 3.05) is 0 Å². The number of nitrogens with two attached hydrogens (primary N) is 1. The molecule has 2 N–H and O–H groups in total. The summed E-state index contributed by atoms with van der Waals surface area (Å²) < 4.78 is 0. The van der Waals surface area contributed by atoms with Crippen LogP contribution in [0.15, 0.2) is 6.07 Å². The fraction of sp³-hybridized carbons (Fsp3) is 0.667. The maximum Gasteiger partial charge on any atom is 0.130 e. The Bertz CT molecular complexity index is 290. The van der Waals surface area contributed by atoms with Gasteiger partial charge in [0.05, 0.1) is 0 Å². The Morgan fingerprint density at radius 1 is 1.20 bits per heavy atom. The van der Waals surface area contributed by atoms with Gasteiger partial charge in [0.2, 0.25) is 0 Å². The van der Waals surface area contributed by atoms with E-state index in [-0.39, 0.29) is 6.04 Å². The highest BCUT2D eigenvalue weighted by atomic mass is 14.9. The van der Waals surface area contributed by atoms with Crippen LogP contribution in [0.2, 0.25) is 0 Å². The van der Waals surface area contributed by atoms with E-state index in [2.05, 4.69) is 29.9 Å². The summed E-state index contributed by atoms with van der Waals surface area (Å²) in [5, 5.41) is 0. The fourth-order valence-electron chi connectivity index (χ4n) is 1.60. The lowest BCUT2D eigenvalue weighted by molar-refractivity contribution is 0.622. The normalized spacial score (nSPS) is 13.2. The molecule has 0 aliphatic carbocycles. The molecule has 0 saturated heterocycles. The van der Waals surface area contributed by atoms with Gasteiger partial charge in [0.1, 0.15) is 5.82 Å². The summed E-state index contributed by atoms with van der Waals surface area (Å²) in [6, 6.07) is 2.18. The molecule has 3 nitrogen and oxygen atoms in total. The zero-order chi connectivity index (χ0) is 11.4. The first-order valence-corrected chi connectivity index (χ1v) is 5.56. The molecule has 0 aromatic carbocycles. The Morgan fingerprint density at radius 3 is 2.40 bits per heavy atom. The topological polar surface area (TPSA) is 51.8 Å². The Hall–Kier alpha value is -0.960. The van der Waals surface area contributed by atoms with Gasteiger partial charge in [-0.3, -0.25) is 0 Å². The average molecular weight is 207 g/mol. The van der Waals surface area contributed by atoms with Crippen molar-refractivity contribution >= 4 is 0 Å². The summed E-state index contributed by atoms with van der Waals surface area (Å²) in [6.45, 7) is 8.38. The predicted octanol–water partition coefficient (Wildman–Crippen LogP) is 1.87. The second-order valence-electron chi connectivity index (χ2n) is 4.70. The molecule has 84 valence electrons. The average Bonchev–Trinajstić information content (AvgIpc) is 1.98. The van der Waals surface area contributed by atoms with Gasteiger partial charge in [-0.05, 0) is 32.3 Å². The molecule has 0 amide bonds. The molecule has 1 heterocycles. The van der Waals surface area contributed by atoms with Crippen LogP contribution in [0.3, 0.4) is 0 Å². The van der Waals surface area contributed by atoms with E-state index >= 15 is 0 Å². The minimum atomic E-state index is 0.124. The molecule has 0 saturated carbocycles. The number of aromatic nitrogens is 2. The Morgan fingerprint density at radius 2 is 1.87 bits per heavy atom. The first-order valence-electron chi connectivity index (χ1n) is 5.56. The number of nitrogens with zero attached hydrogens (tertiary/aromatic N) is 2. The second-order valence-corrected chi connectivity index (χ2v) is 4.70. The molecule has 3 heteroatoms. The van der Waals surface area contributed by atoms with Crippen molar-refractivity contribution in [1.82, 2.24) is 9.97 Å². The van der Waals surface area contributed by atoms with Crippen LogP contribution in [0.25, 0.3) is 0 Å². The van der Waals surface area contributed by atoms with E-state index in [4.69, 9.17) is 5.73 Å². The van der Waals surface area contributed by atoms with Crippen molar-refractivity contribution in [3.8, 4) is 0 Å². The SMILES string of the molecule is Cc1cc(CC(C)C)nc(CC(C)N)n1. The Labute approximate surface area is 92.1 Å². The van der Waals surface area contributed by atoms with Gasteiger partial charge in [0, 0.05) is 23.9 Å².